The molecule has 128 valence electrons. The Morgan fingerprint density at radius 3 is 2.87 bits per heavy atom. The average molecular weight is 325 g/mol. The lowest BCUT2D eigenvalue weighted by Gasteiger charge is -2.22. The van der Waals surface area contributed by atoms with Crippen molar-refractivity contribution in [3.63, 3.8) is 0 Å². The van der Waals surface area contributed by atoms with Gasteiger partial charge < -0.3 is 19.7 Å². The van der Waals surface area contributed by atoms with Gasteiger partial charge in [0.15, 0.2) is 0 Å². The second-order valence-corrected chi connectivity index (χ2v) is 4.82. The molecule has 0 aromatic heterocycles. The predicted octanol–water partition coefficient (Wildman–Crippen LogP) is 0.948. The highest BCUT2D eigenvalue weighted by Crippen LogP contribution is 2.25. The van der Waals surface area contributed by atoms with Crippen LogP contribution in [-0.2, 0) is 9.53 Å². The molecule has 0 unspecified atom stereocenters. The van der Waals surface area contributed by atoms with Crippen molar-refractivity contribution in [3.8, 4) is 5.75 Å². The maximum Gasteiger partial charge on any atom is 0.267 e. The number of allylic oxidation sites excluding steroid dienone is 1. The molecular formula is C16H23NO6. The summed E-state index contributed by atoms with van der Waals surface area (Å²) in [6, 6.07) is 6.95. The van der Waals surface area contributed by atoms with Gasteiger partial charge in [0.25, 0.3) is 5.91 Å². The van der Waals surface area contributed by atoms with Gasteiger partial charge in [0.05, 0.1) is 12.7 Å². The Labute approximate surface area is 135 Å². The molecule has 7 heteroatoms. The van der Waals surface area contributed by atoms with Crippen LogP contribution in [0.25, 0.3) is 0 Å². The zero-order valence-electron chi connectivity index (χ0n) is 13.0. The highest BCUT2D eigenvalue weighted by atomic mass is 16.5. The van der Waals surface area contributed by atoms with Gasteiger partial charge in [0.1, 0.15) is 18.5 Å². The second-order valence-electron chi connectivity index (χ2n) is 4.82. The Morgan fingerprint density at radius 2 is 2.22 bits per heavy atom. The molecule has 2 atom stereocenters. The third-order valence-electron chi connectivity index (χ3n) is 3.21. The van der Waals surface area contributed by atoms with Crippen molar-refractivity contribution in [1.82, 2.24) is 5.48 Å². The molecule has 1 amide bonds. The van der Waals surface area contributed by atoms with Crippen molar-refractivity contribution >= 4 is 5.91 Å². The van der Waals surface area contributed by atoms with Crippen LogP contribution < -0.4 is 10.2 Å². The molecule has 0 bridgehead atoms. The first kappa shape index (κ1) is 19.1. The molecule has 0 aliphatic carbocycles. The third-order valence-corrected chi connectivity index (χ3v) is 3.21. The van der Waals surface area contributed by atoms with E-state index in [4.69, 9.17) is 19.8 Å². The molecule has 7 nitrogen and oxygen atoms in total. The molecule has 0 spiro atoms. The summed E-state index contributed by atoms with van der Waals surface area (Å²) in [6.45, 7) is 0.103. The average Bonchev–Trinajstić information content (AvgIpc) is 2.59. The highest BCUT2D eigenvalue weighted by molar-refractivity contribution is 5.86. The van der Waals surface area contributed by atoms with Crippen LogP contribution in [0.3, 0.4) is 0 Å². The number of carbonyl (C=O) groups excluding carboxylic acids is 1. The van der Waals surface area contributed by atoms with E-state index in [1.165, 1.54) is 18.7 Å². The smallest absolute Gasteiger partial charge is 0.267 e. The Hall–Kier alpha value is -1.93. The lowest BCUT2D eigenvalue weighted by molar-refractivity contribution is -0.124. The van der Waals surface area contributed by atoms with Crippen LogP contribution in [0.15, 0.2) is 36.4 Å². The quantitative estimate of drug-likeness (QED) is 0.290. The van der Waals surface area contributed by atoms with Gasteiger partial charge in [-0.25, -0.2) is 5.48 Å². The molecule has 23 heavy (non-hydrogen) atoms. The van der Waals surface area contributed by atoms with Crippen molar-refractivity contribution in [2.75, 3.05) is 20.3 Å². The molecule has 0 saturated heterocycles. The maximum atomic E-state index is 10.8. The van der Waals surface area contributed by atoms with E-state index in [2.05, 4.69) is 0 Å². The van der Waals surface area contributed by atoms with Crippen LogP contribution >= 0.6 is 0 Å². The van der Waals surface area contributed by atoms with Crippen LogP contribution in [0.5, 0.6) is 5.75 Å². The Kier molecular flexibility index (Phi) is 8.93. The van der Waals surface area contributed by atoms with Crippen molar-refractivity contribution in [3.05, 3.63) is 42.0 Å². The molecule has 1 aromatic carbocycles. The van der Waals surface area contributed by atoms with Crippen molar-refractivity contribution in [2.24, 2.45) is 0 Å². The number of aliphatic hydroxyl groups is 2. The first-order chi connectivity index (χ1) is 11.1. The molecular weight excluding hydrogens is 302 g/mol. The minimum Gasteiger partial charge on any atom is -0.491 e. The molecule has 1 aromatic rings. The number of nitrogens with one attached hydrogen (secondary N) is 1. The van der Waals surface area contributed by atoms with Gasteiger partial charge in [0, 0.05) is 13.2 Å². The number of aliphatic hydroxyl groups excluding tert-OH is 2. The number of amides is 1. The highest BCUT2D eigenvalue weighted by Gasteiger charge is 2.20. The fourth-order valence-electron chi connectivity index (χ4n) is 2.06. The van der Waals surface area contributed by atoms with E-state index in [0.717, 1.165) is 0 Å². The third kappa shape index (κ3) is 6.79. The summed E-state index contributed by atoms with van der Waals surface area (Å²) in [4.78, 5) is 10.8. The van der Waals surface area contributed by atoms with Crippen molar-refractivity contribution < 1.29 is 29.7 Å². The number of rotatable bonds is 10. The summed E-state index contributed by atoms with van der Waals surface area (Å²) in [6.07, 6.45) is 2.49. The van der Waals surface area contributed by atoms with Gasteiger partial charge in [-0.15, -0.1) is 0 Å². The van der Waals surface area contributed by atoms with E-state index in [1.54, 1.807) is 30.3 Å². The molecule has 0 aliphatic heterocycles. The van der Waals surface area contributed by atoms with Crippen molar-refractivity contribution in [2.45, 2.75) is 25.0 Å². The lowest BCUT2D eigenvalue weighted by Crippen LogP contribution is -2.21. The largest absolute Gasteiger partial charge is 0.491 e. The number of hydroxylamine groups is 1. The molecule has 0 heterocycles. The van der Waals surface area contributed by atoms with Crippen LogP contribution in [0, 0.1) is 0 Å². The molecule has 0 fully saturated rings. The van der Waals surface area contributed by atoms with Gasteiger partial charge >= 0.3 is 0 Å². The van der Waals surface area contributed by atoms with E-state index in [0.29, 0.717) is 24.2 Å². The van der Waals surface area contributed by atoms with E-state index in [-0.39, 0.29) is 13.2 Å². The van der Waals surface area contributed by atoms with Crippen LogP contribution in [0.2, 0.25) is 0 Å². The fraction of sp³-hybridized carbons (Fsp3) is 0.438. The number of hydrogen-bond acceptors (Lipinski definition) is 6. The Bertz CT molecular complexity index is 505. The zero-order valence-corrected chi connectivity index (χ0v) is 13.0. The Morgan fingerprint density at radius 1 is 1.43 bits per heavy atom. The summed E-state index contributed by atoms with van der Waals surface area (Å²) in [7, 11) is 1.50. The van der Waals surface area contributed by atoms with Gasteiger partial charge in [-0.3, -0.25) is 10.0 Å². The van der Waals surface area contributed by atoms with Crippen LogP contribution in [0.4, 0.5) is 0 Å². The lowest BCUT2D eigenvalue weighted by atomic mass is 10.0. The SMILES string of the molecule is CO[C@H](CC/C=C/C(=O)NO)[C@H](O)c1cccc(OCCO)c1. The van der Waals surface area contributed by atoms with E-state index < -0.39 is 18.1 Å². The monoisotopic (exact) mass is 325 g/mol. The number of methoxy groups -OCH3 is 1. The minimum atomic E-state index is -0.849. The zero-order chi connectivity index (χ0) is 17.1. The van der Waals surface area contributed by atoms with Gasteiger partial charge in [-0.2, -0.15) is 0 Å². The first-order valence-corrected chi connectivity index (χ1v) is 7.27. The topological polar surface area (TPSA) is 108 Å². The first-order valence-electron chi connectivity index (χ1n) is 7.27. The minimum absolute atomic E-state index is 0.0821. The van der Waals surface area contributed by atoms with Crippen molar-refractivity contribution in [1.29, 1.82) is 0 Å². The van der Waals surface area contributed by atoms with Gasteiger partial charge in [0.2, 0.25) is 0 Å². The second kappa shape index (κ2) is 10.7. The molecule has 1 rings (SSSR count). The number of hydrogen-bond donors (Lipinski definition) is 4. The standard InChI is InChI=1S/C16H23NO6/c1-22-14(7-2-3-8-15(19)17-21)16(20)12-5-4-6-13(11-12)23-10-9-18/h3-6,8,11,14,16,18,20-21H,2,7,9-10H2,1H3,(H,17,19)/b8-3+/t14-,16-/m1/s1. The number of carbonyl (C=O) groups is 1. The predicted molar refractivity (Wildman–Crippen MR) is 83.1 cm³/mol. The van der Waals surface area contributed by atoms with E-state index in [1.807, 2.05) is 0 Å². The van der Waals surface area contributed by atoms with Gasteiger partial charge in [-0.1, -0.05) is 18.2 Å². The normalized spacial score (nSPS) is 13.7. The summed E-state index contributed by atoms with van der Waals surface area (Å²) in [5.74, 6) is -0.0433. The molecule has 0 aliphatic rings. The fourth-order valence-corrected chi connectivity index (χ4v) is 2.06. The maximum absolute atomic E-state index is 10.8. The number of ether oxygens (including phenoxy) is 2. The number of benzene rings is 1. The Balaban J connectivity index is 2.63. The molecule has 0 radical (unpaired) electrons. The van der Waals surface area contributed by atoms with Gasteiger partial charge in [-0.05, 0) is 30.5 Å². The van der Waals surface area contributed by atoms with E-state index in [9.17, 15) is 9.90 Å². The molecule has 0 saturated carbocycles. The summed E-state index contributed by atoms with van der Waals surface area (Å²) >= 11 is 0. The summed E-state index contributed by atoms with van der Waals surface area (Å²) < 4.78 is 10.6. The van der Waals surface area contributed by atoms with E-state index >= 15 is 0 Å². The molecule has 4 N–H and O–H groups in total. The van der Waals surface area contributed by atoms with Crippen LogP contribution in [0.1, 0.15) is 24.5 Å². The van der Waals surface area contributed by atoms with Crippen LogP contribution in [-0.4, -0.2) is 47.8 Å². The summed E-state index contributed by atoms with van der Waals surface area (Å²) in [5.41, 5.74) is 2.14. The summed E-state index contributed by atoms with van der Waals surface area (Å²) in [5, 5.41) is 27.5.